The average molecular weight is 348 g/mol. The van der Waals surface area contributed by atoms with Crippen LogP contribution in [-0.4, -0.2) is 84.8 Å². The fourth-order valence-corrected chi connectivity index (χ4v) is 3.56. The maximum absolute atomic E-state index is 5.62. The normalized spacial score (nSPS) is 23.4. The summed E-state index contributed by atoms with van der Waals surface area (Å²) in [6.07, 6.45) is 0.374. The summed E-state index contributed by atoms with van der Waals surface area (Å²) < 4.78 is 5.62. The van der Waals surface area contributed by atoms with E-state index in [2.05, 4.69) is 53.4 Å². The van der Waals surface area contributed by atoms with Gasteiger partial charge in [0.2, 0.25) is 5.95 Å². The summed E-state index contributed by atoms with van der Waals surface area (Å²) in [5.41, 5.74) is 2.21. The quantitative estimate of drug-likeness (QED) is 0.809. The van der Waals surface area contributed by atoms with Crippen molar-refractivity contribution in [3.63, 3.8) is 0 Å². The van der Waals surface area contributed by atoms with Crippen LogP contribution in [-0.2, 0) is 4.74 Å². The summed E-state index contributed by atoms with van der Waals surface area (Å²) in [5.74, 6) is 1.35. The first-order valence-corrected chi connectivity index (χ1v) is 9.68. The van der Waals surface area contributed by atoms with Crippen molar-refractivity contribution >= 4 is 5.95 Å². The molecule has 3 rings (SSSR count). The van der Waals surface area contributed by atoms with Gasteiger partial charge in [-0.05, 0) is 25.8 Å². The number of anilines is 1. The van der Waals surface area contributed by atoms with Gasteiger partial charge in [0, 0.05) is 63.7 Å². The van der Waals surface area contributed by atoms with E-state index in [1.807, 2.05) is 0 Å². The Hall–Kier alpha value is -1.24. The second-order valence-electron chi connectivity index (χ2n) is 7.70. The fourth-order valence-electron chi connectivity index (χ4n) is 3.56. The number of aromatic nitrogens is 2. The van der Waals surface area contributed by atoms with Crippen LogP contribution in [0, 0.1) is 6.92 Å². The minimum Gasteiger partial charge on any atom is -0.376 e. The lowest BCUT2D eigenvalue weighted by molar-refractivity contribution is -0.0207. The van der Waals surface area contributed by atoms with Gasteiger partial charge in [0.05, 0.1) is 12.7 Å². The molecule has 0 aliphatic carbocycles. The van der Waals surface area contributed by atoms with Crippen molar-refractivity contribution in [1.29, 1.82) is 0 Å². The van der Waals surface area contributed by atoms with E-state index < -0.39 is 0 Å². The van der Waals surface area contributed by atoms with Crippen molar-refractivity contribution in [3.05, 3.63) is 17.5 Å². The highest BCUT2D eigenvalue weighted by Gasteiger charge is 2.22. The van der Waals surface area contributed by atoms with Gasteiger partial charge in [-0.1, -0.05) is 13.8 Å². The molecule has 1 aromatic heterocycles. The molecule has 0 N–H and O–H groups in total. The van der Waals surface area contributed by atoms with E-state index in [-0.39, 0.29) is 0 Å². The van der Waals surface area contributed by atoms with Crippen molar-refractivity contribution < 1.29 is 4.74 Å². The van der Waals surface area contributed by atoms with Crippen LogP contribution in [0.4, 0.5) is 5.95 Å². The van der Waals surface area contributed by atoms with Crippen LogP contribution in [0.15, 0.2) is 6.07 Å². The highest BCUT2D eigenvalue weighted by atomic mass is 16.5. The van der Waals surface area contributed by atoms with E-state index in [1.54, 1.807) is 0 Å². The Bertz CT molecular complexity index is 557. The van der Waals surface area contributed by atoms with E-state index in [4.69, 9.17) is 9.72 Å². The zero-order valence-corrected chi connectivity index (χ0v) is 16.2. The third-order valence-corrected chi connectivity index (χ3v) is 5.17. The molecule has 0 bridgehead atoms. The third kappa shape index (κ3) is 5.12. The molecule has 6 nitrogen and oxygen atoms in total. The van der Waals surface area contributed by atoms with Crippen LogP contribution in [0.5, 0.6) is 0 Å². The molecule has 2 aliphatic heterocycles. The van der Waals surface area contributed by atoms with Crippen LogP contribution < -0.4 is 4.90 Å². The third-order valence-electron chi connectivity index (χ3n) is 5.17. The second-order valence-corrected chi connectivity index (χ2v) is 7.70. The molecule has 2 aliphatic rings. The van der Waals surface area contributed by atoms with Gasteiger partial charge in [-0.3, -0.25) is 9.80 Å². The van der Waals surface area contributed by atoms with Crippen LogP contribution in [0.2, 0.25) is 0 Å². The number of nitrogens with zero attached hydrogens (tertiary/aromatic N) is 5. The molecule has 2 saturated heterocycles. The van der Waals surface area contributed by atoms with E-state index >= 15 is 0 Å². The standard InChI is InChI=1S/C19H33N5O/c1-15(2)18-13-16(3)20-19(21-18)24-9-7-22(8-10-24)5-6-23-11-12-25-17(4)14-23/h13,15,17H,5-12,14H2,1-4H3/t17-/m1/s1. The Labute approximate surface area is 152 Å². The Balaban J connectivity index is 1.48. The van der Waals surface area contributed by atoms with Gasteiger partial charge in [-0.25, -0.2) is 9.97 Å². The largest absolute Gasteiger partial charge is 0.376 e. The van der Waals surface area contributed by atoms with Crippen molar-refractivity contribution in [1.82, 2.24) is 19.8 Å². The molecule has 2 fully saturated rings. The predicted octanol–water partition coefficient (Wildman–Crippen LogP) is 1.75. The number of piperazine rings is 1. The molecule has 1 aromatic rings. The zero-order valence-electron chi connectivity index (χ0n) is 16.2. The number of morpholine rings is 1. The Morgan fingerprint density at radius 3 is 2.48 bits per heavy atom. The van der Waals surface area contributed by atoms with Gasteiger partial charge in [-0.2, -0.15) is 0 Å². The molecular weight excluding hydrogens is 314 g/mol. The highest BCUT2D eigenvalue weighted by molar-refractivity contribution is 5.33. The Morgan fingerprint density at radius 1 is 1.08 bits per heavy atom. The monoisotopic (exact) mass is 347 g/mol. The van der Waals surface area contributed by atoms with E-state index in [0.29, 0.717) is 12.0 Å². The topological polar surface area (TPSA) is 44.7 Å². The smallest absolute Gasteiger partial charge is 0.225 e. The molecule has 0 aromatic carbocycles. The van der Waals surface area contributed by atoms with Crippen LogP contribution in [0.3, 0.4) is 0 Å². The summed E-state index contributed by atoms with van der Waals surface area (Å²) in [6.45, 7) is 18.1. The highest BCUT2D eigenvalue weighted by Crippen LogP contribution is 2.18. The lowest BCUT2D eigenvalue weighted by Crippen LogP contribution is -2.50. The summed E-state index contributed by atoms with van der Waals surface area (Å²) in [6, 6.07) is 2.10. The van der Waals surface area contributed by atoms with E-state index in [9.17, 15) is 0 Å². The average Bonchev–Trinajstić information content (AvgIpc) is 2.60. The van der Waals surface area contributed by atoms with Crippen LogP contribution in [0.1, 0.15) is 38.1 Å². The molecule has 25 heavy (non-hydrogen) atoms. The molecule has 0 saturated carbocycles. The van der Waals surface area contributed by atoms with Gasteiger partial charge in [0.15, 0.2) is 0 Å². The second kappa shape index (κ2) is 8.43. The fraction of sp³-hybridized carbons (Fsp3) is 0.789. The minimum atomic E-state index is 0.374. The Kier molecular flexibility index (Phi) is 6.25. The summed E-state index contributed by atoms with van der Waals surface area (Å²) >= 11 is 0. The molecule has 0 unspecified atom stereocenters. The summed E-state index contributed by atoms with van der Waals surface area (Å²) in [7, 11) is 0. The van der Waals surface area contributed by atoms with Crippen molar-refractivity contribution in [2.24, 2.45) is 0 Å². The first-order valence-electron chi connectivity index (χ1n) is 9.68. The number of hydrogen-bond acceptors (Lipinski definition) is 6. The zero-order chi connectivity index (χ0) is 17.8. The van der Waals surface area contributed by atoms with Gasteiger partial charge in [0.25, 0.3) is 0 Å². The minimum absolute atomic E-state index is 0.374. The molecule has 6 heteroatoms. The lowest BCUT2D eigenvalue weighted by atomic mass is 10.1. The molecule has 140 valence electrons. The van der Waals surface area contributed by atoms with E-state index in [1.165, 1.54) is 0 Å². The van der Waals surface area contributed by atoms with Crippen LogP contribution in [0.25, 0.3) is 0 Å². The maximum Gasteiger partial charge on any atom is 0.225 e. The summed E-state index contributed by atoms with van der Waals surface area (Å²) in [4.78, 5) is 16.9. The van der Waals surface area contributed by atoms with Gasteiger partial charge in [-0.15, -0.1) is 0 Å². The molecule has 1 atom stereocenters. The molecule has 0 spiro atoms. The number of hydrogen-bond donors (Lipinski definition) is 0. The lowest BCUT2D eigenvalue weighted by Gasteiger charge is -2.37. The maximum atomic E-state index is 5.62. The van der Waals surface area contributed by atoms with Crippen molar-refractivity contribution in [2.45, 2.75) is 39.7 Å². The van der Waals surface area contributed by atoms with E-state index in [0.717, 1.165) is 76.3 Å². The first-order chi connectivity index (χ1) is 12.0. The predicted molar refractivity (Wildman–Crippen MR) is 101 cm³/mol. The summed E-state index contributed by atoms with van der Waals surface area (Å²) in [5, 5.41) is 0. The number of rotatable bonds is 5. The number of aryl methyl sites for hydroxylation is 1. The molecule has 0 amide bonds. The van der Waals surface area contributed by atoms with Gasteiger partial charge < -0.3 is 9.64 Å². The van der Waals surface area contributed by atoms with Crippen LogP contribution >= 0.6 is 0 Å². The Morgan fingerprint density at radius 2 is 1.80 bits per heavy atom. The van der Waals surface area contributed by atoms with Crippen molar-refractivity contribution in [2.75, 3.05) is 63.9 Å². The molecule has 3 heterocycles. The van der Waals surface area contributed by atoms with Gasteiger partial charge >= 0.3 is 0 Å². The molecular formula is C19H33N5O. The molecule has 0 radical (unpaired) electrons. The van der Waals surface area contributed by atoms with Crippen molar-refractivity contribution in [3.8, 4) is 0 Å². The number of ether oxygens (including phenoxy) is 1. The SMILES string of the molecule is Cc1cc(C(C)C)nc(N2CCN(CCN3CCO[C@H](C)C3)CC2)n1. The van der Waals surface area contributed by atoms with Gasteiger partial charge in [0.1, 0.15) is 0 Å². The first kappa shape index (κ1) is 18.5.